The number of nitrogens with zero attached hydrogens (tertiary/aromatic N) is 3. The first-order valence-corrected chi connectivity index (χ1v) is 11.6. The number of carboxylic acid groups (broad SMARTS) is 1. The lowest BCUT2D eigenvalue weighted by Crippen LogP contribution is -2.47. The smallest absolute Gasteiger partial charge is 0.335 e. The van der Waals surface area contributed by atoms with E-state index in [9.17, 15) is 9.90 Å². The van der Waals surface area contributed by atoms with Crippen LogP contribution in [0.1, 0.15) is 34.3 Å². The summed E-state index contributed by atoms with van der Waals surface area (Å²) in [7, 11) is 0. The van der Waals surface area contributed by atoms with Crippen LogP contribution < -0.4 is 16.8 Å². The molecule has 5 N–H and O–H groups in total. The van der Waals surface area contributed by atoms with E-state index < -0.39 is 5.97 Å². The number of hydrogen-bond acceptors (Lipinski definition) is 7. The highest BCUT2D eigenvalue weighted by Crippen LogP contribution is 2.22. The quantitative estimate of drug-likeness (QED) is 0.410. The largest absolute Gasteiger partial charge is 0.478 e. The number of nitrogens with two attached hydrogens (primary N) is 1. The number of hydrazine groups is 3. The van der Waals surface area contributed by atoms with Crippen molar-refractivity contribution in [3.63, 3.8) is 0 Å². The molecular weight excluding hydrogens is 472 g/mol. The second kappa shape index (κ2) is 10.4. The first kappa shape index (κ1) is 22.6. The first-order valence-electron chi connectivity index (χ1n) is 10.8. The molecule has 0 amide bonds. The van der Waals surface area contributed by atoms with Gasteiger partial charge in [-0.15, -0.1) is 5.53 Å². The molecule has 2 aromatic rings. The molecule has 0 unspecified atom stereocenters. The number of nitrogens with one attached hydrogen (secondary N) is 2. The molecule has 0 radical (unpaired) electrons. The summed E-state index contributed by atoms with van der Waals surface area (Å²) in [6.45, 7) is 3.66. The van der Waals surface area contributed by atoms with E-state index in [1.165, 1.54) is 10.7 Å². The van der Waals surface area contributed by atoms with E-state index in [2.05, 4.69) is 61.0 Å². The van der Waals surface area contributed by atoms with Gasteiger partial charge in [0.05, 0.1) is 11.8 Å². The van der Waals surface area contributed by atoms with E-state index in [1.54, 1.807) is 12.1 Å². The number of halogens is 1. The fourth-order valence-electron chi connectivity index (χ4n) is 4.25. The number of benzene rings is 2. The highest BCUT2D eigenvalue weighted by Gasteiger charge is 2.27. The van der Waals surface area contributed by atoms with E-state index in [-0.39, 0.29) is 0 Å². The van der Waals surface area contributed by atoms with Gasteiger partial charge in [-0.25, -0.2) is 15.8 Å². The Labute approximate surface area is 196 Å². The Balaban J connectivity index is 1.42. The summed E-state index contributed by atoms with van der Waals surface area (Å²) < 4.78 is 1.09. The molecule has 0 aromatic heterocycles. The van der Waals surface area contributed by atoms with Gasteiger partial charge in [-0.2, -0.15) is 0 Å². The van der Waals surface area contributed by atoms with Crippen molar-refractivity contribution in [2.45, 2.75) is 31.8 Å². The van der Waals surface area contributed by atoms with Gasteiger partial charge in [-0.1, -0.05) is 40.2 Å². The molecule has 2 aliphatic heterocycles. The van der Waals surface area contributed by atoms with Crippen LogP contribution in [0, 0.1) is 0 Å². The van der Waals surface area contributed by atoms with Gasteiger partial charge in [0, 0.05) is 36.7 Å². The van der Waals surface area contributed by atoms with Gasteiger partial charge < -0.3 is 10.0 Å². The highest BCUT2D eigenvalue weighted by atomic mass is 79.9. The zero-order valence-electron chi connectivity index (χ0n) is 17.9. The average molecular weight is 501 g/mol. The summed E-state index contributed by atoms with van der Waals surface area (Å²) in [6, 6.07) is 16.2. The summed E-state index contributed by atoms with van der Waals surface area (Å²) in [5.41, 5.74) is 8.73. The molecule has 0 aliphatic carbocycles. The molecule has 0 saturated carbocycles. The molecule has 0 spiro atoms. The predicted octanol–water partition coefficient (Wildman–Crippen LogP) is 2.65. The zero-order valence-corrected chi connectivity index (χ0v) is 19.5. The van der Waals surface area contributed by atoms with E-state index in [0.29, 0.717) is 11.6 Å². The van der Waals surface area contributed by atoms with Gasteiger partial charge in [-0.05, 0) is 54.7 Å². The Hall–Kier alpha value is -2.59. The normalized spacial score (nSPS) is 16.9. The monoisotopic (exact) mass is 500 g/mol. The lowest BCUT2D eigenvalue weighted by atomic mass is 10.0. The summed E-state index contributed by atoms with van der Waals surface area (Å²) in [6.07, 6.45) is 4.93. The number of piperidine rings is 1. The first-order chi connectivity index (χ1) is 15.5. The maximum atomic E-state index is 11.2. The van der Waals surface area contributed by atoms with Crippen molar-refractivity contribution in [2.24, 2.45) is 5.84 Å². The van der Waals surface area contributed by atoms with E-state index in [0.717, 1.165) is 61.3 Å². The van der Waals surface area contributed by atoms with E-state index in [1.807, 2.05) is 18.3 Å². The fraction of sp³-hybridized carbons (Fsp3) is 0.348. The van der Waals surface area contributed by atoms with Crippen molar-refractivity contribution >= 4 is 21.9 Å². The van der Waals surface area contributed by atoms with Gasteiger partial charge in [-0.3, -0.25) is 10.3 Å². The topological polar surface area (TPSA) is 97.1 Å². The van der Waals surface area contributed by atoms with Crippen molar-refractivity contribution in [1.29, 1.82) is 0 Å². The van der Waals surface area contributed by atoms with Crippen LogP contribution in [-0.2, 0) is 13.0 Å². The SMILES string of the molecule is NN1C=C(N2CCC(N(CCc3ccc(Br)cc3)Cc3ccc(C(=O)O)cc3)CC2)NN1. The lowest BCUT2D eigenvalue weighted by Gasteiger charge is -2.39. The zero-order chi connectivity index (χ0) is 22.5. The minimum Gasteiger partial charge on any atom is -0.478 e. The van der Waals surface area contributed by atoms with Crippen LogP contribution in [0.4, 0.5) is 0 Å². The van der Waals surface area contributed by atoms with Crippen molar-refractivity contribution in [2.75, 3.05) is 19.6 Å². The Kier molecular flexibility index (Phi) is 7.31. The van der Waals surface area contributed by atoms with Crippen LogP contribution in [0.2, 0.25) is 0 Å². The Morgan fingerprint density at radius 1 is 1.09 bits per heavy atom. The molecule has 2 heterocycles. The van der Waals surface area contributed by atoms with Gasteiger partial charge >= 0.3 is 5.97 Å². The second-order valence-corrected chi connectivity index (χ2v) is 9.14. The number of likely N-dealkylation sites (tertiary alicyclic amines) is 1. The molecule has 1 fully saturated rings. The summed E-state index contributed by atoms with van der Waals surface area (Å²) in [4.78, 5) is 16.0. The van der Waals surface area contributed by atoms with Gasteiger partial charge in [0.1, 0.15) is 5.82 Å². The van der Waals surface area contributed by atoms with Crippen LogP contribution in [0.15, 0.2) is 65.0 Å². The van der Waals surface area contributed by atoms with Crippen molar-refractivity contribution in [3.8, 4) is 0 Å². The summed E-state index contributed by atoms with van der Waals surface area (Å²) >= 11 is 3.50. The Bertz CT molecular complexity index is 942. The van der Waals surface area contributed by atoms with Gasteiger partial charge in [0.15, 0.2) is 0 Å². The van der Waals surface area contributed by atoms with Crippen LogP contribution in [0.25, 0.3) is 0 Å². The molecule has 170 valence electrons. The molecule has 32 heavy (non-hydrogen) atoms. The molecule has 8 nitrogen and oxygen atoms in total. The van der Waals surface area contributed by atoms with E-state index >= 15 is 0 Å². The average Bonchev–Trinajstić information content (AvgIpc) is 3.24. The minimum absolute atomic E-state index is 0.323. The maximum Gasteiger partial charge on any atom is 0.335 e. The molecule has 0 bridgehead atoms. The molecule has 2 aromatic carbocycles. The molecule has 2 aliphatic rings. The van der Waals surface area contributed by atoms with Crippen LogP contribution in [0.3, 0.4) is 0 Å². The molecule has 1 saturated heterocycles. The third-order valence-corrected chi connectivity index (χ3v) is 6.61. The molecule has 0 atom stereocenters. The van der Waals surface area contributed by atoms with Crippen LogP contribution in [0.5, 0.6) is 0 Å². The van der Waals surface area contributed by atoms with Gasteiger partial charge in [0.25, 0.3) is 0 Å². The maximum absolute atomic E-state index is 11.2. The second-order valence-electron chi connectivity index (χ2n) is 8.23. The standard InChI is InChI=1S/C23H29BrN6O2/c24-20-7-3-17(4-8-20)9-12-29(15-18-1-5-19(6-2-18)23(31)32)21-10-13-28(14-11-21)22-16-30(25)27-26-22/h1-8,16,21,26-27H,9-15,25H2,(H,31,32). The Morgan fingerprint density at radius 2 is 1.75 bits per heavy atom. The number of carbonyl (C=O) groups is 1. The van der Waals surface area contributed by atoms with Crippen LogP contribution in [-0.4, -0.2) is 51.7 Å². The van der Waals surface area contributed by atoms with Crippen molar-refractivity contribution in [1.82, 2.24) is 25.9 Å². The summed E-state index contributed by atoms with van der Waals surface area (Å²) in [5.74, 6) is 5.84. The molecule has 4 rings (SSSR count). The molecule has 9 heteroatoms. The molecular formula is C23H29BrN6O2. The Morgan fingerprint density at radius 3 is 2.34 bits per heavy atom. The third-order valence-electron chi connectivity index (χ3n) is 6.08. The fourth-order valence-corrected chi connectivity index (χ4v) is 4.52. The number of carboxylic acids is 1. The van der Waals surface area contributed by atoms with Crippen LogP contribution >= 0.6 is 15.9 Å². The number of aromatic carboxylic acids is 1. The van der Waals surface area contributed by atoms with Crippen molar-refractivity contribution < 1.29 is 9.90 Å². The third kappa shape index (κ3) is 5.80. The highest BCUT2D eigenvalue weighted by molar-refractivity contribution is 9.10. The summed E-state index contributed by atoms with van der Waals surface area (Å²) in [5, 5.41) is 10.6. The van der Waals surface area contributed by atoms with Gasteiger partial charge in [0.2, 0.25) is 0 Å². The number of rotatable bonds is 8. The number of hydrogen-bond donors (Lipinski definition) is 4. The minimum atomic E-state index is -0.892. The van der Waals surface area contributed by atoms with E-state index in [4.69, 9.17) is 5.84 Å². The van der Waals surface area contributed by atoms with Crippen molar-refractivity contribution in [3.05, 3.63) is 81.7 Å². The predicted molar refractivity (Wildman–Crippen MR) is 127 cm³/mol. The lowest BCUT2D eigenvalue weighted by molar-refractivity contribution is 0.0696.